The van der Waals surface area contributed by atoms with Gasteiger partial charge in [0.25, 0.3) is 5.56 Å². The molecule has 106 valence electrons. The van der Waals surface area contributed by atoms with E-state index < -0.39 is 0 Å². The minimum Gasteiger partial charge on any atom is -0.287 e. The van der Waals surface area contributed by atoms with Crippen LogP contribution >= 0.6 is 11.8 Å². The van der Waals surface area contributed by atoms with Crippen LogP contribution in [0, 0.1) is 5.92 Å². The molecular weight excluding hydrogens is 268 g/mol. The molecule has 0 saturated heterocycles. The first kappa shape index (κ1) is 13.7. The van der Waals surface area contributed by atoms with E-state index in [0.717, 1.165) is 22.6 Å². The van der Waals surface area contributed by atoms with Crippen molar-refractivity contribution in [1.82, 2.24) is 9.55 Å². The zero-order valence-electron chi connectivity index (χ0n) is 11.8. The summed E-state index contributed by atoms with van der Waals surface area (Å²) in [6.45, 7) is 0.826. The van der Waals surface area contributed by atoms with Crippen LogP contribution in [-0.2, 0) is 6.54 Å². The molecule has 3 nitrogen and oxygen atoms in total. The van der Waals surface area contributed by atoms with Gasteiger partial charge in [0, 0.05) is 6.54 Å². The lowest BCUT2D eigenvalue weighted by Crippen LogP contribution is -2.27. The molecule has 1 aromatic carbocycles. The molecule has 1 aliphatic carbocycles. The Bertz CT molecular complexity index is 659. The summed E-state index contributed by atoms with van der Waals surface area (Å²) in [6.07, 6.45) is 8.43. The van der Waals surface area contributed by atoms with Crippen LogP contribution in [0.4, 0.5) is 0 Å². The number of hydrogen-bond acceptors (Lipinski definition) is 3. The van der Waals surface area contributed by atoms with Crippen LogP contribution < -0.4 is 5.56 Å². The summed E-state index contributed by atoms with van der Waals surface area (Å²) in [5.74, 6) is 0.635. The minimum atomic E-state index is 0.116. The quantitative estimate of drug-likeness (QED) is 0.638. The zero-order chi connectivity index (χ0) is 13.9. The first-order chi connectivity index (χ1) is 9.79. The van der Waals surface area contributed by atoms with Crippen LogP contribution in [-0.4, -0.2) is 15.8 Å². The Morgan fingerprint density at radius 3 is 2.75 bits per heavy atom. The van der Waals surface area contributed by atoms with Gasteiger partial charge in [-0.25, -0.2) is 4.98 Å². The van der Waals surface area contributed by atoms with Gasteiger partial charge in [-0.2, -0.15) is 0 Å². The maximum Gasteiger partial charge on any atom is 0.262 e. The zero-order valence-corrected chi connectivity index (χ0v) is 12.7. The molecule has 0 aliphatic heterocycles. The van der Waals surface area contributed by atoms with Crippen molar-refractivity contribution in [2.45, 2.75) is 43.8 Å². The Morgan fingerprint density at radius 1 is 1.25 bits per heavy atom. The van der Waals surface area contributed by atoms with E-state index in [0.29, 0.717) is 5.92 Å². The molecule has 4 heteroatoms. The van der Waals surface area contributed by atoms with Crippen LogP contribution in [0.1, 0.15) is 32.1 Å². The van der Waals surface area contributed by atoms with Gasteiger partial charge in [-0.05, 0) is 37.1 Å². The molecule has 2 aromatic rings. The molecule has 0 N–H and O–H groups in total. The molecule has 20 heavy (non-hydrogen) atoms. The Labute approximate surface area is 123 Å². The van der Waals surface area contributed by atoms with E-state index in [4.69, 9.17) is 0 Å². The molecular formula is C16H20N2OS. The molecule has 3 rings (SSSR count). The van der Waals surface area contributed by atoms with Crippen molar-refractivity contribution in [3.63, 3.8) is 0 Å². The fourth-order valence-corrected chi connectivity index (χ4v) is 3.66. The van der Waals surface area contributed by atoms with Gasteiger partial charge in [-0.3, -0.25) is 9.36 Å². The van der Waals surface area contributed by atoms with Crippen LogP contribution in [0.15, 0.2) is 34.2 Å². The number of thioether (sulfide) groups is 1. The lowest BCUT2D eigenvalue weighted by atomic mass is 9.89. The van der Waals surface area contributed by atoms with E-state index >= 15 is 0 Å². The highest BCUT2D eigenvalue weighted by atomic mass is 32.2. The van der Waals surface area contributed by atoms with Gasteiger partial charge in [-0.15, -0.1) is 0 Å². The number of rotatable bonds is 3. The number of hydrogen-bond donors (Lipinski definition) is 0. The highest BCUT2D eigenvalue weighted by Gasteiger charge is 2.17. The standard InChI is InChI=1S/C16H20N2OS/c1-20-16-17-14-10-6-5-9-13(14)15(19)18(16)11-12-7-3-2-4-8-12/h5-6,9-10,12H,2-4,7-8,11H2,1H3. The fourth-order valence-electron chi connectivity index (χ4n) is 3.09. The molecule has 1 aromatic heterocycles. The molecule has 0 unspecified atom stereocenters. The number of benzene rings is 1. The fraction of sp³-hybridized carbons (Fsp3) is 0.500. The second kappa shape index (κ2) is 6.00. The first-order valence-corrected chi connectivity index (χ1v) is 8.55. The third-order valence-corrected chi connectivity index (χ3v) is 4.85. The van der Waals surface area contributed by atoms with Gasteiger partial charge in [0.05, 0.1) is 10.9 Å². The van der Waals surface area contributed by atoms with Crippen molar-refractivity contribution in [2.75, 3.05) is 6.26 Å². The number of fused-ring (bicyclic) bond motifs is 1. The average Bonchev–Trinajstić information content (AvgIpc) is 2.51. The molecule has 1 heterocycles. The smallest absolute Gasteiger partial charge is 0.262 e. The van der Waals surface area contributed by atoms with Crippen LogP contribution in [0.3, 0.4) is 0 Å². The van der Waals surface area contributed by atoms with Gasteiger partial charge < -0.3 is 0 Å². The van der Waals surface area contributed by atoms with E-state index in [2.05, 4.69) is 4.98 Å². The van der Waals surface area contributed by atoms with Crippen LogP contribution in [0.5, 0.6) is 0 Å². The van der Waals surface area contributed by atoms with Gasteiger partial charge in [0.1, 0.15) is 0 Å². The van der Waals surface area contributed by atoms with Crippen molar-refractivity contribution in [2.24, 2.45) is 5.92 Å². The largest absolute Gasteiger partial charge is 0.287 e. The predicted molar refractivity (Wildman–Crippen MR) is 84.4 cm³/mol. The Morgan fingerprint density at radius 2 is 2.00 bits per heavy atom. The van der Waals surface area contributed by atoms with Gasteiger partial charge in [0.2, 0.25) is 0 Å². The number of nitrogens with zero attached hydrogens (tertiary/aromatic N) is 2. The highest BCUT2D eigenvalue weighted by molar-refractivity contribution is 7.98. The SMILES string of the molecule is CSc1nc2ccccc2c(=O)n1CC1CCCCC1. The van der Waals surface area contributed by atoms with E-state index in [1.165, 1.54) is 32.1 Å². The Hall–Kier alpha value is -1.29. The maximum absolute atomic E-state index is 12.7. The van der Waals surface area contributed by atoms with E-state index in [9.17, 15) is 4.79 Å². The number of para-hydroxylation sites is 1. The monoisotopic (exact) mass is 288 g/mol. The summed E-state index contributed by atoms with van der Waals surface area (Å²) >= 11 is 1.56. The molecule has 1 saturated carbocycles. The molecule has 0 atom stereocenters. The van der Waals surface area contributed by atoms with Gasteiger partial charge in [0.15, 0.2) is 5.16 Å². The molecule has 1 fully saturated rings. The topological polar surface area (TPSA) is 34.9 Å². The average molecular weight is 288 g/mol. The third-order valence-electron chi connectivity index (χ3n) is 4.17. The summed E-state index contributed by atoms with van der Waals surface area (Å²) in [6, 6.07) is 7.65. The van der Waals surface area contributed by atoms with Crippen LogP contribution in [0.2, 0.25) is 0 Å². The first-order valence-electron chi connectivity index (χ1n) is 7.33. The van der Waals surface area contributed by atoms with Crippen molar-refractivity contribution >= 4 is 22.7 Å². The second-order valence-electron chi connectivity index (χ2n) is 5.54. The molecule has 0 bridgehead atoms. The summed E-state index contributed by atoms with van der Waals surface area (Å²) in [7, 11) is 0. The molecule has 0 amide bonds. The van der Waals surface area contributed by atoms with Crippen molar-refractivity contribution in [1.29, 1.82) is 0 Å². The summed E-state index contributed by atoms with van der Waals surface area (Å²) in [4.78, 5) is 17.3. The third kappa shape index (κ3) is 2.62. The van der Waals surface area contributed by atoms with Gasteiger partial charge in [-0.1, -0.05) is 43.2 Å². The Kier molecular flexibility index (Phi) is 4.10. The van der Waals surface area contributed by atoms with E-state index in [1.807, 2.05) is 35.1 Å². The number of aromatic nitrogens is 2. The maximum atomic E-state index is 12.7. The molecule has 1 aliphatic rings. The second-order valence-corrected chi connectivity index (χ2v) is 6.31. The lowest BCUT2D eigenvalue weighted by Gasteiger charge is -2.23. The molecule has 0 radical (unpaired) electrons. The molecule has 0 spiro atoms. The van der Waals surface area contributed by atoms with Crippen molar-refractivity contribution in [3.05, 3.63) is 34.6 Å². The van der Waals surface area contributed by atoms with E-state index in [1.54, 1.807) is 11.8 Å². The van der Waals surface area contributed by atoms with Crippen molar-refractivity contribution < 1.29 is 0 Å². The summed E-state index contributed by atoms with van der Waals surface area (Å²) in [5.41, 5.74) is 0.923. The minimum absolute atomic E-state index is 0.116. The normalized spacial score (nSPS) is 16.6. The van der Waals surface area contributed by atoms with Gasteiger partial charge >= 0.3 is 0 Å². The summed E-state index contributed by atoms with van der Waals surface area (Å²) < 4.78 is 1.89. The van der Waals surface area contributed by atoms with E-state index in [-0.39, 0.29) is 5.56 Å². The highest BCUT2D eigenvalue weighted by Crippen LogP contribution is 2.26. The van der Waals surface area contributed by atoms with Crippen LogP contribution in [0.25, 0.3) is 10.9 Å². The van der Waals surface area contributed by atoms with Crippen molar-refractivity contribution in [3.8, 4) is 0 Å². The summed E-state index contributed by atoms with van der Waals surface area (Å²) in [5, 5.41) is 1.58. The Balaban J connectivity index is 2.03. The predicted octanol–water partition coefficient (Wildman–Crippen LogP) is 3.70. The lowest BCUT2D eigenvalue weighted by molar-refractivity contribution is 0.306.